The first-order chi connectivity index (χ1) is 17.3. The molecule has 0 aliphatic carbocycles. The number of aliphatic hydroxyl groups is 1. The second-order valence-electron chi connectivity index (χ2n) is 7.81. The number of methoxy groups -OCH3 is 2. The first-order valence-corrected chi connectivity index (χ1v) is 10.8. The number of rotatable bonds is 7. The fraction of sp³-hybridized carbons (Fsp3) is 0.154. The molecule has 0 radical (unpaired) electrons. The number of aryl methyl sites for hydroxylation is 1. The topological polar surface area (TPSA) is 149 Å². The van der Waals surface area contributed by atoms with Crippen LogP contribution in [-0.4, -0.2) is 36.1 Å². The van der Waals surface area contributed by atoms with E-state index in [1.807, 2.05) is 0 Å². The van der Waals surface area contributed by atoms with Gasteiger partial charge in [0, 0.05) is 46.6 Å². The van der Waals surface area contributed by atoms with E-state index in [1.165, 1.54) is 32.5 Å². The molecule has 4 rings (SSSR count). The number of nitrogens with one attached hydrogen (secondary N) is 1. The number of hydrogen-bond donors (Lipinski definition) is 3. The number of nitrogens with zero attached hydrogens (tertiary/aromatic N) is 2. The smallest absolute Gasteiger partial charge is 0.261 e. The van der Waals surface area contributed by atoms with Gasteiger partial charge in [-0.05, 0) is 37.3 Å². The van der Waals surface area contributed by atoms with Gasteiger partial charge in [0.25, 0.3) is 5.91 Å². The lowest BCUT2D eigenvalue weighted by molar-refractivity contribution is 0.0997. The SMILES string of the molecule is COc1cc(NC(=O)c2cc3c(CO)cnc(C)c3oc2=Nc2ccc(C(N)=O)cc2)cc(OC)c1. The zero-order chi connectivity index (χ0) is 25.8. The molecule has 2 aromatic heterocycles. The molecule has 36 heavy (non-hydrogen) atoms. The number of benzene rings is 2. The van der Waals surface area contributed by atoms with Crippen molar-refractivity contribution in [3.8, 4) is 11.5 Å². The summed E-state index contributed by atoms with van der Waals surface area (Å²) in [6.45, 7) is 1.46. The third-order valence-electron chi connectivity index (χ3n) is 5.46. The van der Waals surface area contributed by atoms with E-state index in [-0.39, 0.29) is 17.7 Å². The van der Waals surface area contributed by atoms with Crippen molar-refractivity contribution in [2.75, 3.05) is 19.5 Å². The number of nitrogens with two attached hydrogens (primary N) is 1. The Balaban J connectivity index is 1.88. The normalized spacial score (nSPS) is 11.4. The summed E-state index contributed by atoms with van der Waals surface area (Å²) in [5, 5.41) is 13.2. The molecule has 0 unspecified atom stereocenters. The highest BCUT2D eigenvalue weighted by Gasteiger charge is 2.17. The second kappa shape index (κ2) is 10.3. The van der Waals surface area contributed by atoms with Gasteiger partial charge in [0.2, 0.25) is 11.5 Å². The highest BCUT2D eigenvalue weighted by Crippen LogP contribution is 2.27. The summed E-state index contributed by atoms with van der Waals surface area (Å²) in [5.74, 6) is -0.0843. The van der Waals surface area contributed by atoms with Crippen molar-refractivity contribution in [2.24, 2.45) is 10.7 Å². The molecule has 0 spiro atoms. The molecule has 0 aliphatic rings. The molecule has 0 fully saturated rings. The Morgan fingerprint density at radius 3 is 2.33 bits per heavy atom. The Morgan fingerprint density at radius 1 is 1.08 bits per heavy atom. The minimum absolute atomic E-state index is 0.0154. The summed E-state index contributed by atoms with van der Waals surface area (Å²) in [6.07, 6.45) is 1.53. The van der Waals surface area contributed by atoms with Gasteiger partial charge in [-0.2, -0.15) is 0 Å². The highest BCUT2D eigenvalue weighted by atomic mass is 16.5. The van der Waals surface area contributed by atoms with Crippen LogP contribution in [0.25, 0.3) is 11.0 Å². The van der Waals surface area contributed by atoms with Crippen LogP contribution in [0.2, 0.25) is 0 Å². The van der Waals surface area contributed by atoms with Gasteiger partial charge in [-0.25, -0.2) is 4.99 Å². The lowest BCUT2D eigenvalue weighted by Gasteiger charge is -2.11. The summed E-state index contributed by atoms with van der Waals surface area (Å²) in [6, 6.07) is 12.8. The number of aromatic nitrogens is 1. The molecular weight excluding hydrogens is 464 g/mol. The molecule has 0 saturated heterocycles. The third-order valence-corrected chi connectivity index (χ3v) is 5.46. The largest absolute Gasteiger partial charge is 0.497 e. The lowest BCUT2D eigenvalue weighted by Crippen LogP contribution is -2.22. The summed E-state index contributed by atoms with van der Waals surface area (Å²) in [7, 11) is 3.02. The fourth-order valence-electron chi connectivity index (χ4n) is 3.56. The van der Waals surface area contributed by atoms with E-state index in [9.17, 15) is 14.7 Å². The number of anilines is 1. The van der Waals surface area contributed by atoms with Crippen molar-refractivity contribution in [1.82, 2.24) is 4.98 Å². The van der Waals surface area contributed by atoms with Crippen molar-refractivity contribution >= 4 is 34.2 Å². The van der Waals surface area contributed by atoms with Crippen LogP contribution in [-0.2, 0) is 6.61 Å². The fourth-order valence-corrected chi connectivity index (χ4v) is 3.56. The van der Waals surface area contributed by atoms with E-state index in [4.69, 9.17) is 19.6 Å². The summed E-state index contributed by atoms with van der Waals surface area (Å²) in [5.41, 5.74) is 8.07. The van der Waals surface area contributed by atoms with E-state index in [0.717, 1.165) is 0 Å². The van der Waals surface area contributed by atoms with E-state index < -0.39 is 11.8 Å². The minimum Gasteiger partial charge on any atom is -0.497 e. The van der Waals surface area contributed by atoms with Crippen molar-refractivity contribution in [2.45, 2.75) is 13.5 Å². The highest BCUT2D eigenvalue weighted by molar-refractivity contribution is 6.06. The predicted molar refractivity (Wildman–Crippen MR) is 132 cm³/mol. The van der Waals surface area contributed by atoms with Crippen LogP contribution in [0, 0.1) is 6.92 Å². The van der Waals surface area contributed by atoms with Crippen molar-refractivity contribution < 1.29 is 28.6 Å². The number of aliphatic hydroxyl groups excluding tert-OH is 1. The van der Waals surface area contributed by atoms with Gasteiger partial charge >= 0.3 is 0 Å². The number of primary amides is 1. The maximum absolute atomic E-state index is 13.4. The number of ether oxygens (including phenoxy) is 2. The number of carbonyl (C=O) groups excluding carboxylic acids is 2. The first-order valence-electron chi connectivity index (χ1n) is 10.8. The summed E-state index contributed by atoms with van der Waals surface area (Å²) < 4.78 is 16.6. The van der Waals surface area contributed by atoms with Crippen LogP contribution < -0.4 is 26.1 Å². The molecule has 4 aromatic rings. The van der Waals surface area contributed by atoms with Crippen LogP contribution in [0.1, 0.15) is 32.0 Å². The van der Waals surface area contributed by atoms with Crippen molar-refractivity contribution in [3.05, 3.63) is 82.7 Å². The van der Waals surface area contributed by atoms with Crippen LogP contribution >= 0.6 is 0 Å². The Labute approximate surface area is 206 Å². The standard InChI is InChI=1S/C26H24N4O6/c1-14-23-21(16(13-31)12-28-14)11-22(25(33)29-18-8-19(34-2)10-20(9-18)35-3)26(36-23)30-17-6-4-15(5-7-17)24(27)32/h4-12,31H,13H2,1-3H3,(H2,27,32)(H,29,33). The van der Waals surface area contributed by atoms with Gasteiger partial charge in [-0.1, -0.05) is 0 Å². The average Bonchev–Trinajstić information content (AvgIpc) is 2.88. The molecule has 2 aromatic carbocycles. The molecular formula is C26H24N4O6. The Hall–Kier alpha value is -4.70. The average molecular weight is 489 g/mol. The lowest BCUT2D eigenvalue weighted by atomic mass is 10.1. The predicted octanol–water partition coefficient (Wildman–Crippen LogP) is 3.23. The van der Waals surface area contributed by atoms with E-state index >= 15 is 0 Å². The number of pyridine rings is 1. The number of hydrogen-bond acceptors (Lipinski definition) is 8. The van der Waals surface area contributed by atoms with Crippen molar-refractivity contribution in [1.29, 1.82) is 0 Å². The molecule has 10 nitrogen and oxygen atoms in total. The quantitative estimate of drug-likeness (QED) is 0.361. The molecule has 2 heterocycles. The van der Waals surface area contributed by atoms with Crippen LogP contribution in [0.4, 0.5) is 11.4 Å². The zero-order valence-corrected chi connectivity index (χ0v) is 19.9. The minimum atomic E-state index is -0.566. The van der Waals surface area contributed by atoms with E-state index in [1.54, 1.807) is 43.3 Å². The van der Waals surface area contributed by atoms with Gasteiger partial charge in [0.05, 0.1) is 32.2 Å². The first kappa shape index (κ1) is 24.4. The van der Waals surface area contributed by atoms with E-state index in [2.05, 4.69) is 15.3 Å². The third kappa shape index (κ3) is 5.03. The zero-order valence-electron chi connectivity index (χ0n) is 19.9. The second-order valence-corrected chi connectivity index (χ2v) is 7.81. The molecule has 0 aliphatic heterocycles. The van der Waals surface area contributed by atoms with Gasteiger partial charge in [0.15, 0.2) is 5.58 Å². The van der Waals surface area contributed by atoms with Gasteiger partial charge < -0.3 is 30.0 Å². The maximum Gasteiger partial charge on any atom is 0.261 e. The Kier molecular flexibility index (Phi) is 6.98. The van der Waals surface area contributed by atoms with E-state index in [0.29, 0.717) is 50.7 Å². The molecule has 10 heteroatoms. The van der Waals surface area contributed by atoms with Crippen LogP contribution in [0.15, 0.2) is 64.1 Å². The summed E-state index contributed by atoms with van der Waals surface area (Å²) in [4.78, 5) is 33.6. The van der Waals surface area contributed by atoms with Crippen LogP contribution in [0.5, 0.6) is 11.5 Å². The molecule has 0 atom stereocenters. The number of amides is 2. The maximum atomic E-state index is 13.4. The summed E-state index contributed by atoms with van der Waals surface area (Å²) >= 11 is 0. The monoisotopic (exact) mass is 488 g/mol. The Morgan fingerprint density at radius 2 is 1.75 bits per heavy atom. The molecule has 0 saturated carbocycles. The number of carbonyl (C=O) groups is 2. The molecule has 4 N–H and O–H groups in total. The molecule has 184 valence electrons. The Bertz CT molecular complexity index is 1500. The van der Waals surface area contributed by atoms with Crippen molar-refractivity contribution in [3.63, 3.8) is 0 Å². The van der Waals surface area contributed by atoms with Crippen LogP contribution in [0.3, 0.4) is 0 Å². The van der Waals surface area contributed by atoms with Gasteiger partial charge in [-0.15, -0.1) is 0 Å². The number of fused-ring (bicyclic) bond motifs is 1. The molecule has 0 bridgehead atoms. The van der Waals surface area contributed by atoms with Gasteiger partial charge in [0.1, 0.15) is 17.1 Å². The van der Waals surface area contributed by atoms with Gasteiger partial charge in [-0.3, -0.25) is 14.6 Å². The molecule has 2 amide bonds.